The molecule has 0 spiro atoms. The van der Waals surface area contributed by atoms with Gasteiger partial charge in [-0.15, -0.1) is 0 Å². The van der Waals surface area contributed by atoms with Gasteiger partial charge in [-0.1, -0.05) is 19.9 Å². The van der Waals surface area contributed by atoms with Crippen molar-refractivity contribution in [3.05, 3.63) is 23.8 Å². The van der Waals surface area contributed by atoms with Gasteiger partial charge in [0, 0.05) is 19.0 Å². The maximum Gasteiger partial charge on any atom is 0.224 e. The molecule has 2 atom stereocenters. The molecule has 1 heterocycles. The fourth-order valence-electron chi connectivity index (χ4n) is 3.91. The van der Waals surface area contributed by atoms with Crippen LogP contribution in [0, 0.1) is 5.41 Å². The molecule has 1 aliphatic heterocycles. The van der Waals surface area contributed by atoms with E-state index in [9.17, 15) is 9.90 Å². The van der Waals surface area contributed by atoms with E-state index < -0.39 is 5.79 Å². The van der Waals surface area contributed by atoms with E-state index in [1.54, 1.807) is 21.0 Å². The molecule has 6 heteroatoms. The zero-order chi connectivity index (χ0) is 21.8. The molecule has 0 saturated carbocycles. The minimum atomic E-state index is -1.22. The lowest BCUT2D eigenvalue weighted by Gasteiger charge is -2.29. The number of hydrogen-bond acceptors (Lipinski definition) is 5. The number of likely N-dealkylation sites (tertiary alicyclic amines) is 1. The van der Waals surface area contributed by atoms with Gasteiger partial charge in [0.2, 0.25) is 5.91 Å². The van der Waals surface area contributed by atoms with Gasteiger partial charge in [0.25, 0.3) is 0 Å². The summed E-state index contributed by atoms with van der Waals surface area (Å²) in [5.41, 5.74) is 1.14. The van der Waals surface area contributed by atoms with Crippen molar-refractivity contribution in [1.29, 1.82) is 0 Å². The molecule has 2 rings (SSSR count). The summed E-state index contributed by atoms with van der Waals surface area (Å²) >= 11 is 0. The number of rotatable bonds is 9. The van der Waals surface area contributed by atoms with Crippen LogP contribution in [0.1, 0.15) is 65.9 Å². The van der Waals surface area contributed by atoms with Crippen molar-refractivity contribution in [1.82, 2.24) is 4.90 Å². The summed E-state index contributed by atoms with van der Waals surface area (Å²) in [6, 6.07) is 6.09. The van der Waals surface area contributed by atoms with Crippen molar-refractivity contribution < 1.29 is 24.1 Å². The Kier molecular flexibility index (Phi) is 7.57. The second-order valence-corrected chi connectivity index (χ2v) is 8.96. The van der Waals surface area contributed by atoms with Crippen LogP contribution in [0.3, 0.4) is 0 Å². The molecule has 1 aromatic rings. The van der Waals surface area contributed by atoms with Crippen LogP contribution < -0.4 is 9.47 Å². The zero-order valence-electron chi connectivity index (χ0n) is 18.9. The molecule has 1 aromatic carbocycles. The lowest BCUT2D eigenvalue weighted by molar-refractivity contribution is -0.178. The van der Waals surface area contributed by atoms with E-state index in [4.69, 9.17) is 14.2 Å². The van der Waals surface area contributed by atoms with Gasteiger partial charge >= 0.3 is 0 Å². The highest BCUT2D eigenvalue weighted by molar-refractivity contribution is 5.77. The van der Waals surface area contributed by atoms with E-state index in [2.05, 4.69) is 26.0 Å². The number of aliphatic hydroxyl groups is 1. The van der Waals surface area contributed by atoms with E-state index >= 15 is 0 Å². The number of methoxy groups -OCH3 is 1. The molecule has 1 fully saturated rings. The lowest BCUT2D eigenvalue weighted by Crippen LogP contribution is -2.33. The van der Waals surface area contributed by atoms with E-state index in [1.165, 1.54) is 0 Å². The van der Waals surface area contributed by atoms with Gasteiger partial charge in [-0.25, -0.2) is 0 Å². The number of benzene rings is 1. The first-order valence-corrected chi connectivity index (χ1v) is 10.5. The van der Waals surface area contributed by atoms with Gasteiger partial charge in [0.15, 0.2) is 17.3 Å². The molecule has 0 bridgehead atoms. The van der Waals surface area contributed by atoms with Crippen LogP contribution in [0.2, 0.25) is 0 Å². The Hall–Kier alpha value is -1.79. The summed E-state index contributed by atoms with van der Waals surface area (Å²) < 4.78 is 16.7. The largest absolute Gasteiger partial charge is 0.493 e. The molecule has 0 aliphatic carbocycles. The quantitative estimate of drug-likeness (QED) is 0.628. The Balaban J connectivity index is 2.18. The number of carbonyl (C=O) groups excluding carboxylic acids is 1. The average Bonchev–Trinajstić information content (AvgIpc) is 2.98. The Morgan fingerprint density at radius 2 is 2.03 bits per heavy atom. The van der Waals surface area contributed by atoms with Gasteiger partial charge in [0.05, 0.1) is 26.2 Å². The summed E-state index contributed by atoms with van der Waals surface area (Å²) in [4.78, 5) is 14.7. The van der Waals surface area contributed by atoms with Gasteiger partial charge in [-0.2, -0.15) is 0 Å². The third-order valence-corrected chi connectivity index (χ3v) is 5.68. The van der Waals surface area contributed by atoms with Crippen molar-refractivity contribution in [2.75, 3.05) is 26.8 Å². The summed E-state index contributed by atoms with van der Waals surface area (Å²) in [5, 5.41) is 9.67. The number of ether oxygens (including phenoxy) is 3. The van der Waals surface area contributed by atoms with Gasteiger partial charge in [-0.3, -0.25) is 4.79 Å². The molecule has 1 saturated heterocycles. The summed E-state index contributed by atoms with van der Waals surface area (Å²) in [6.07, 6.45) is 1.28. The van der Waals surface area contributed by atoms with Crippen LogP contribution in [-0.2, 0) is 9.53 Å². The molecular formula is C23H37NO5. The maximum absolute atomic E-state index is 12.7. The van der Waals surface area contributed by atoms with E-state index in [-0.39, 0.29) is 36.4 Å². The Bertz CT molecular complexity index is 697. The zero-order valence-corrected chi connectivity index (χ0v) is 18.9. The SMILES string of the molecule is CCC1(C)CN(C(=O)CCOC(C)(C)O)CC1c1ccc(OC)c(OC(C)C)c1. The molecule has 0 aromatic heterocycles. The van der Waals surface area contributed by atoms with Crippen molar-refractivity contribution in [2.45, 2.75) is 72.2 Å². The first-order chi connectivity index (χ1) is 13.5. The van der Waals surface area contributed by atoms with Crippen LogP contribution in [0.25, 0.3) is 0 Å². The van der Waals surface area contributed by atoms with Crippen molar-refractivity contribution in [3.63, 3.8) is 0 Å². The van der Waals surface area contributed by atoms with Crippen molar-refractivity contribution in [2.24, 2.45) is 5.41 Å². The topological polar surface area (TPSA) is 68.2 Å². The molecule has 1 N–H and O–H groups in total. The first-order valence-electron chi connectivity index (χ1n) is 10.5. The third kappa shape index (κ3) is 6.09. The maximum atomic E-state index is 12.7. The van der Waals surface area contributed by atoms with E-state index in [0.717, 1.165) is 23.5 Å². The minimum Gasteiger partial charge on any atom is -0.493 e. The molecule has 1 amide bonds. The van der Waals surface area contributed by atoms with Crippen LogP contribution >= 0.6 is 0 Å². The van der Waals surface area contributed by atoms with E-state index in [0.29, 0.717) is 13.1 Å². The highest BCUT2D eigenvalue weighted by Crippen LogP contribution is 2.46. The molecule has 164 valence electrons. The minimum absolute atomic E-state index is 0.0174. The molecule has 29 heavy (non-hydrogen) atoms. The fraction of sp³-hybridized carbons (Fsp3) is 0.696. The fourth-order valence-corrected chi connectivity index (χ4v) is 3.91. The Morgan fingerprint density at radius 3 is 2.59 bits per heavy atom. The van der Waals surface area contributed by atoms with Crippen molar-refractivity contribution in [3.8, 4) is 11.5 Å². The number of amides is 1. The highest BCUT2D eigenvalue weighted by atomic mass is 16.6. The smallest absolute Gasteiger partial charge is 0.224 e. The third-order valence-electron chi connectivity index (χ3n) is 5.68. The van der Waals surface area contributed by atoms with Gasteiger partial charge in [-0.05, 0) is 57.2 Å². The van der Waals surface area contributed by atoms with Crippen LogP contribution in [0.4, 0.5) is 0 Å². The Morgan fingerprint density at radius 1 is 1.34 bits per heavy atom. The molecular weight excluding hydrogens is 370 g/mol. The standard InChI is InChI=1S/C23H37NO5/c1-8-23(6)15-24(21(25)11-12-28-22(4,5)26)14-18(23)17-9-10-19(27-7)20(13-17)29-16(2)3/h9-10,13,16,18,26H,8,11-12,14-15H2,1-7H3. The summed E-state index contributed by atoms with van der Waals surface area (Å²) in [6.45, 7) is 13.1. The molecule has 6 nitrogen and oxygen atoms in total. The number of nitrogens with zero attached hydrogens (tertiary/aromatic N) is 1. The second kappa shape index (κ2) is 9.35. The van der Waals surface area contributed by atoms with Gasteiger partial charge < -0.3 is 24.2 Å². The lowest BCUT2D eigenvalue weighted by atomic mass is 9.74. The summed E-state index contributed by atoms with van der Waals surface area (Å²) in [5.74, 6) is 0.509. The van der Waals surface area contributed by atoms with Crippen LogP contribution in [-0.4, -0.2) is 54.6 Å². The van der Waals surface area contributed by atoms with Crippen LogP contribution in [0.5, 0.6) is 11.5 Å². The predicted molar refractivity (Wildman–Crippen MR) is 113 cm³/mol. The second-order valence-electron chi connectivity index (χ2n) is 8.96. The number of carbonyl (C=O) groups is 1. The number of hydrogen-bond donors (Lipinski definition) is 1. The highest BCUT2D eigenvalue weighted by Gasteiger charge is 2.44. The molecule has 2 unspecified atom stereocenters. The van der Waals surface area contributed by atoms with Crippen molar-refractivity contribution >= 4 is 5.91 Å². The molecule has 1 aliphatic rings. The summed E-state index contributed by atoms with van der Waals surface area (Å²) in [7, 11) is 1.64. The monoisotopic (exact) mass is 407 g/mol. The molecule has 0 radical (unpaired) electrons. The van der Waals surface area contributed by atoms with Crippen LogP contribution in [0.15, 0.2) is 18.2 Å². The average molecular weight is 408 g/mol. The predicted octanol–water partition coefficient (Wildman–Crippen LogP) is 3.96. The normalized spacial score (nSPS) is 22.2. The van der Waals surface area contributed by atoms with Gasteiger partial charge in [0.1, 0.15) is 0 Å². The van der Waals surface area contributed by atoms with E-state index in [1.807, 2.05) is 24.8 Å². The Labute approximate surface area is 175 Å². The first kappa shape index (κ1) is 23.5.